The Hall–Kier alpha value is -2.94. The van der Waals surface area contributed by atoms with Gasteiger partial charge in [-0.3, -0.25) is 9.78 Å². The van der Waals surface area contributed by atoms with Gasteiger partial charge in [0.05, 0.1) is 25.3 Å². The summed E-state index contributed by atoms with van der Waals surface area (Å²) in [7, 11) is -2.05. The van der Waals surface area contributed by atoms with Crippen molar-refractivity contribution in [1.29, 1.82) is 0 Å². The Morgan fingerprint density at radius 1 is 1.29 bits per heavy atom. The third-order valence-electron chi connectivity index (χ3n) is 5.88. The predicted molar refractivity (Wildman–Crippen MR) is 117 cm³/mol. The smallest absolute Gasteiger partial charge is 0.285 e. The first-order chi connectivity index (χ1) is 14.8. The number of rotatable bonds is 4. The second-order valence-corrected chi connectivity index (χ2v) is 9.51. The highest BCUT2D eigenvalue weighted by atomic mass is 32.2. The molecule has 1 amide bonds. The third-order valence-corrected chi connectivity index (χ3v) is 7.21. The number of pyridine rings is 1. The van der Waals surface area contributed by atoms with Gasteiger partial charge in [0.25, 0.3) is 10.0 Å². The zero-order valence-corrected chi connectivity index (χ0v) is 18.7. The van der Waals surface area contributed by atoms with Crippen LogP contribution in [0.4, 0.5) is 0 Å². The number of amides is 1. The van der Waals surface area contributed by atoms with Crippen molar-refractivity contribution in [1.82, 2.24) is 15.2 Å². The van der Waals surface area contributed by atoms with E-state index in [0.29, 0.717) is 31.0 Å². The Balaban J connectivity index is 1.46. The van der Waals surface area contributed by atoms with Crippen LogP contribution >= 0.6 is 0 Å². The number of piperidine rings is 1. The first-order valence-electron chi connectivity index (χ1n) is 10.3. The predicted octanol–water partition coefficient (Wildman–Crippen LogP) is 2.18. The van der Waals surface area contributed by atoms with Gasteiger partial charge in [0.1, 0.15) is 10.6 Å². The van der Waals surface area contributed by atoms with Crippen molar-refractivity contribution >= 4 is 21.8 Å². The fraction of sp³-hybridized carbons (Fsp3) is 0.409. The lowest BCUT2D eigenvalue weighted by atomic mass is 9.96. The van der Waals surface area contributed by atoms with Gasteiger partial charge in [-0.05, 0) is 38.8 Å². The molecule has 4 rings (SSSR count). The number of sulfonamides is 1. The molecule has 1 fully saturated rings. The Morgan fingerprint density at radius 3 is 2.84 bits per heavy atom. The van der Waals surface area contributed by atoms with Crippen LogP contribution in [0.3, 0.4) is 0 Å². The van der Waals surface area contributed by atoms with Gasteiger partial charge >= 0.3 is 0 Å². The van der Waals surface area contributed by atoms with Gasteiger partial charge in [0.2, 0.25) is 5.91 Å². The first kappa shape index (κ1) is 21.3. The van der Waals surface area contributed by atoms with E-state index < -0.39 is 10.0 Å². The van der Waals surface area contributed by atoms with E-state index in [4.69, 9.17) is 4.74 Å². The van der Waals surface area contributed by atoms with Crippen molar-refractivity contribution < 1.29 is 17.9 Å². The van der Waals surface area contributed by atoms with Gasteiger partial charge < -0.3 is 15.0 Å². The number of fused-ring (bicyclic) bond motifs is 1. The first-order valence-corrected chi connectivity index (χ1v) is 11.7. The molecule has 0 saturated carbocycles. The highest BCUT2D eigenvalue weighted by Crippen LogP contribution is 2.30. The number of aromatic nitrogens is 1. The number of nitrogens with one attached hydrogen (secondary N) is 1. The summed E-state index contributed by atoms with van der Waals surface area (Å²) in [6.45, 7) is 5.27. The molecular formula is C22H26N4O4S. The maximum atomic E-state index is 12.9. The molecule has 2 aliphatic rings. The lowest BCUT2D eigenvalue weighted by molar-refractivity contribution is -0.126. The van der Waals surface area contributed by atoms with E-state index in [2.05, 4.69) is 14.7 Å². The van der Waals surface area contributed by atoms with Crippen molar-refractivity contribution in [2.45, 2.75) is 38.1 Å². The molecule has 1 atom stereocenters. The van der Waals surface area contributed by atoms with Crippen LogP contribution in [0.25, 0.3) is 0 Å². The molecule has 31 heavy (non-hydrogen) atoms. The van der Waals surface area contributed by atoms with Crippen LogP contribution in [-0.4, -0.2) is 50.2 Å². The summed E-state index contributed by atoms with van der Waals surface area (Å²) in [5, 5.41) is 2.99. The number of carbonyl (C=O) groups excluding carboxylic acids is 1. The molecule has 1 unspecified atom stereocenters. The van der Waals surface area contributed by atoms with Gasteiger partial charge in [-0.2, -0.15) is 8.42 Å². The Morgan fingerprint density at radius 2 is 2.06 bits per heavy atom. The van der Waals surface area contributed by atoms with E-state index in [1.165, 1.54) is 0 Å². The van der Waals surface area contributed by atoms with E-state index in [9.17, 15) is 13.2 Å². The third kappa shape index (κ3) is 4.01. The Kier molecular flexibility index (Phi) is 5.70. The minimum absolute atomic E-state index is 0.0693. The van der Waals surface area contributed by atoms with Crippen molar-refractivity contribution in [3.05, 3.63) is 52.8 Å². The molecule has 8 nitrogen and oxygen atoms in total. The fourth-order valence-corrected chi connectivity index (χ4v) is 5.49. The highest BCUT2D eigenvalue weighted by molar-refractivity contribution is 7.90. The van der Waals surface area contributed by atoms with E-state index in [1.54, 1.807) is 37.6 Å². The van der Waals surface area contributed by atoms with Gasteiger partial charge in [0, 0.05) is 36.0 Å². The van der Waals surface area contributed by atoms with Gasteiger partial charge in [-0.15, -0.1) is 4.40 Å². The number of benzene rings is 1. The highest BCUT2D eigenvalue weighted by Gasteiger charge is 2.35. The average Bonchev–Trinajstić information content (AvgIpc) is 3.05. The molecule has 1 aromatic heterocycles. The van der Waals surface area contributed by atoms with E-state index >= 15 is 0 Å². The average molecular weight is 443 g/mol. The van der Waals surface area contributed by atoms with Gasteiger partial charge in [0.15, 0.2) is 5.84 Å². The zero-order chi connectivity index (χ0) is 22.2. The Bertz CT molecular complexity index is 1160. The zero-order valence-electron chi connectivity index (χ0n) is 17.9. The lowest BCUT2D eigenvalue weighted by Crippen LogP contribution is -2.45. The quantitative estimate of drug-likeness (QED) is 0.779. The monoisotopic (exact) mass is 442 g/mol. The van der Waals surface area contributed by atoms with E-state index in [-0.39, 0.29) is 16.7 Å². The number of amidine groups is 1. The molecule has 0 spiro atoms. The molecule has 1 N–H and O–H groups in total. The molecule has 9 heteroatoms. The molecule has 0 bridgehead atoms. The molecule has 2 aromatic rings. The molecular weight excluding hydrogens is 416 g/mol. The topological polar surface area (TPSA) is 101 Å². The molecule has 1 saturated heterocycles. The second-order valence-electron chi connectivity index (χ2n) is 7.94. The number of nitrogens with zero attached hydrogens (tertiary/aromatic N) is 3. The van der Waals surface area contributed by atoms with Crippen molar-refractivity contribution in [3.63, 3.8) is 0 Å². The van der Waals surface area contributed by atoms with Crippen LogP contribution in [0, 0.1) is 19.8 Å². The summed E-state index contributed by atoms with van der Waals surface area (Å²) in [6, 6.07) is 6.83. The number of carbonyl (C=O) groups is 1. The van der Waals surface area contributed by atoms with Crippen LogP contribution in [0.5, 0.6) is 5.75 Å². The largest absolute Gasteiger partial charge is 0.496 e. The standard InChI is InChI=1S/C22H26N4O4S/c1-14-11-23-18(15(2)20(14)30-3)12-24-22(27)16-7-6-10-26(13-16)21-17-8-4-5-9-19(17)31(28,29)25-21/h4-5,8-9,11,16H,6-7,10,12-13H2,1-3H3,(H,24,27). The van der Waals surface area contributed by atoms with Crippen LogP contribution in [0.1, 0.15) is 35.2 Å². The van der Waals surface area contributed by atoms with Crippen molar-refractivity contribution in [2.75, 3.05) is 20.2 Å². The number of aryl methyl sites for hydroxylation is 1. The minimum atomic E-state index is -3.68. The van der Waals surface area contributed by atoms with Gasteiger partial charge in [-0.25, -0.2) is 0 Å². The summed E-state index contributed by atoms with van der Waals surface area (Å²) in [5.74, 6) is 0.899. The molecule has 1 aromatic carbocycles. The van der Waals surface area contributed by atoms with Crippen LogP contribution in [0.2, 0.25) is 0 Å². The molecule has 0 radical (unpaired) electrons. The number of likely N-dealkylation sites (tertiary alicyclic amines) is 1. The molecule has 0 aliphatic carbocycles. The van der Waals surface area contributed by atoms with Crippen LogP contribution in [-0.2, 0) is 21.4 Å². The number of methoxy groups -OCH3 is 1. The summed E-state index contributed by atoms with van der Waals surface area (Å²) < 4.78 is 34.2. The fourth-order valence-electron chi connectivity index (χ4n) is 4.26. The lowest BCUT2D eigenvalue weighted by Gasteiger charge is -2.33. The summed E-state index contributed by atoms with van der Waals surface area (Å²) in [4.78, 5) is 19.5. The van der Waals surface area contributed by atoms with Crippen LogP contribution in [0.15, 0.2) is 39.8 Å². The summed E-state index contributed by atoms with van der Waals surface area (Å²) in [5.41, 5.74) is 3.24. The van der Waals surface area contributed by atoms with Gasteiger partial charge in [-0.1, -0.05) is 12.1 Å². The summed E-state index contributed by atoms with van der Waals surface area (Å²) >= 11 is 0. The van der Waals surface area contributed by atoms with E-state index in [0.717, 1.165) is 35.4 Å². The minimum Gasteiger partial charge on any atom is -0.496 e. The number of hydrogen-bond donors (Lipinski definition) is 1. The maximum Gasteiger partial charge on any atom is 0.285 e. The SMILES string of the molecule is COc1c(C)cnc(CNC(=O)C2CCCN(C3=NS(=O)(=O)c4ccccc43)C2)c1C. The normalized spacial score (nSPS) is 19.5. The number of hydrogen-bond acceptors (Lipinski definition) is 6. The second kappa shape index (κ2) is 8.30. The molecule has 2 aliphatic heterocycles. The van der Waals surface area contributed by atoms with Crippen molar-refractivity contribution in [2.24, 2.45) is 10.3 Å². The molecule has 164 valence electrons. The van der Waals surface area contributed by atoms with Crippen molar-refractivity contribution in [3.8, 4) is 5.75 Å². The maximum absolute atomic E-state index is 12.9. The Labute approximate surface area is 182 Å². The molecule has 3 heterocycles. The summed E-state index contributed by atoms with van der Waals surface area (Å²) in [6.07, 6.45) is 3.27. The van der Waals surface area contributed by atoms with E-state index in [1.807, 2.05) is 18.7 Å². The van der Waals surface area contributed by atoms with Crippen LogP contribution < -0.4 is 10.1 Å². The number of ether oxygens (including phenoxy) is 1.